The fraction of sp³-hybridized carbons (Fsp3) is 0.455. The van der Waals surface area contributed by atoms with E-state index in [2.05, 4.69) is 5.32 Å². The van der Waals surface area contributed by atoms with Gasteiger partial charge in [0.25, 0.3) is 0 Å². The fourth-order valence-corrected chi connectivity index (χ4v) is 4.51. The van der Waals surface area contributed by atoms with Crippen LogP contribution < -0.4 is 10.2 Å². The van der Waals surface area contributed by atoms with Crippen LogP contribution in [0.4, 0.5) is 11.4 Å². The highest BCUT2D eigenvalue weighted by Gasteiger charge is 2.50. The molecule has 0 spiro atoms. The third-order valence-corrected chi connectivity index (χ3v) is 6.14. The molecule has 0 bridgehead atoms. The maximum Gasteiger partial charge on any atom is 0.247 e. The molecule has 7 nitrogen and oxygen atoms in total. The summed E-state index contributed by atoms with van der Waals surface area (Å²) in [6.07, 6.45) is 6.37. The van der Waals surface area contributed by atoms with Crippen LogP contribution in [-0.4, -0.2) is 41.1 Å². The second-order valence-electron chi connectivity index (χ2n) is 8.02. The van der Waals surface area contributed by atoms with Crippen molar-refractivity contribution in [2.75, 3.05) is 16.8 Å². The maximum absolute atomic E-state index is 12.8. The Morgan fingerprint density at radius 1 is 1.10 bits per heavy atom. The van der Waals surface area contributed by atoms with Crippen LogP contribution in [0.15, 0.2) is 30.4 Å². The van der Waals surface area contributed by atoms with Gasteiger partial charge < -0.3 is 10.2 Å². The van der Waals surface area contributed by atoms with Crippen molar-refractivity contribution in [1.29, 1.82) is 0 Å². The Bertz CT molecular complexity index is 897. The van der Waals surface area contributed by atoms with Crippen molar-refractivity contribution in [3.8, 4) is 0 Å². The molecule has 2 heterocycles. The van der Waals surface area contributed by atoms with Gasteiger partial charge in [-0.1, -0.05) is 12.2 Å². The number of nitrogens with zero attached hydrogens (tertiary/aromatic N) is 2. The fourth-order valence-electron chi connectivity index (χ4n) is 4.51. The number of fused-ring (bicyclic) bond motifs is 1. The third kappa shape index (κ3) is 3.34. The molecule has 3 atom stereocenters. The van der Waals surface area contributed by atoms with Crippen LogP contribution in [0.25, 0.3) is 0 Å². The average molecular weight is 395 g/mol. The third-order valence-electron chi connectivity index (χ3n) is 6.14. The number of rotatable bonds is 4. The Kier molecular flexibility index (Phi) is 4.98. The second kappa shape index (κ2) is 7.46. The number of hydrogen-bond acceptors (Lipinski definition) is 4. The van der Waals surface area contributed by atoms with Gasteiger partial charge >= 0.3 is 0 Å². The number of imide groups is 1. The van der Waals surface area contributed by atoms with E-state index >= 15 is 0 Å². The van der Waals surface area contributed by atoms with E-state index in [1.165, 1.54) is 0 Å². The summed E-state index contributed by atoms with van der Waals surface area (Å²) in [6, 6.07) is 4.50. The van der Waals surface area contributed by atoms with Crippen LogP contribution in [0.3, 0.4) is 0 Å². The molecular weight excluding hydrogens is 370 g/mol. The molecule has 0 unspecified atom stereocenters. The number of benzene rings is 1. The van der Waals surface area contributed by atoms with Crippen molar-refractivity contribution < 1.29 is 19.2 Å². The van der Waals surface area contributed by atoms with Gasteiger partial charge in [-0.2, -0.15) is 0 Å². The van der Waals surface area contributed by atoms with E-state index in [1.54, 1.807) is 17.9 Å². The number of allylic oxidation sites excluding steroid dienone is 2. The van der Waals surface area contributed by atoms with E-state index in [4.69, 9.17) is 0 Å². The first-order valence-corrected chi connectivity index (χ1v) is 10.1. The lowest BCUT2D eigenvalue weighted by molar-refractivity contribution is -0.146. The van der Waals surface area contributed by atoms with Crippen molar-refractivity contribution in [2.45, 2.75) is 45.6 Å². The number of nitrogens with one attached hydrogen (secondary N) is 1. The van der Waals surface area contributed by atoms with Crippen molar-refractivity contribution in [2.24, 2.45) is 11.8 Å². The van der Waals surface area contributed by atoms with E-state index in [0.717, 1.165) is 22.6 Å². The van der Waals surface area contributed by atoms with E-state index in [-0.39, 0.29) is 29.6 Å². The van der Waals surface area contributed by atoms with Gasteiger partial charge in [-0.05, 0) is 56.9 Å². The van der Waals surface area contributed by atoms with Crippen molar-refractivity contribution in [3.05, 3.63) is 35.9 Å². The minimum atomic E-state index is -0.874. The van der Waals surface area contributed by atoms with Crippen LogP contribution in [0.2, 0.25) is 0 Å². The predicted octanol–water partition coefficient (Wildman–Crippen LogP) is 2.40. The molecule has 2 saturated heterocycles. The van der Waals surface area contributed by atoms with Gasteiger partial charge in [0.05, 0.1) is 11.8 Å². The molecule has 1 N–H and O–H groups in total. The summed E-state index contributed by atoms with van der Waals surface area (Å²) in [4.78, 5) is 53.0. The van der Waals surface area contributed by atoms with Crippen LogP contribution in [-0.2, 0) is 19.2 Å². The van der Waals surface area contributed by atoms with Gasteiger partial charge in [-0.25, -0.2) is 0 Å². The van der Waals surface area contributed by atoms with Gasteiger partial charge in [0, 0.05) is 24.3 Å². The molecule has 4 rings (SSSR count). The number of amides is 4. The molecule has 4 amide bonds. The smallest absolute Gasteiger partial charge is 0.247 e. The van der Waals surface area contributed by atoms with Crippen LogP contribution >= 0.6 is 0 Å². The van der Waals surface area contributed by atoms with E-state index < -0.39 is 11.9 Å². The monoisotopic (exact) mass is 395 g/mol. The largest absolute Gasteiger partial charge is 0.324 e. The topological polar surface area (TPSA) is 86.8 Å². The molecule has 0 aromatic heterocycles. The molecule has 1 aliphatic carbocycles. The molecule has 2 fully saturated rings. The Morgan fingerprint density at radius 2 is 1.76 bits per heavy atom. The van der Waals surface area contributed by atoms with Crippen LogP contribution in [0.1, 0.15) is 38.2 Å². The summed E-state index contributed by atoms with van der Waals surface area (Å²) in [5.74, 6) is -1.50. The zero-order valence-corrected chi connectivity index (χ0v) is 16.7. The molecule has 152 valence electrons. The second-order valence-corrected chi connectivity index (χ2v) is 8.02. The zero-order valence-electron chi connectivity index (χ0n) is 16.7. The van der Waals surface area contributed by atoms with Gasteiger partial charge in [0.2, 0.25) is 23.6 Å². The Hall–Kier alpha value is -2.96. The summed E-state index contributed by atoms with van der Waals surface area (Å²) in [5, 5.41) is 2.81. The SMILES string of the molecule is Cc1cc(NC(=O)[C@@H](C)N2C(=O)[C@H]3CC=CC[C@H]3C2=O)ccc1N1CCCC1=O. The number of hydrogen-bond donors (Lipinski definition) is 1. The lowest BCUT2D eigenvalue weighted by atomic mass is 9.85. The highest BCUT2D eigenvalue weighted by Crippen LogP contribution is 2.36. The first kappa shape index (κ1) is 19.4. The summed E-state index contributed by atoms with van der Waals surface area (Å²) < 4.78 is 0. The van der Waals surface area contributed by atoms with Crippen molar-refractivity contribution in [1.82, 2.24) is 4.90 Å². The van der Waals surface area contributed by atoms with Crippen LogP contribution in [0.5, 0.6) is 0 Å². The summed E-state index contributed by atoms with van der Waals surface area (Å²) in [5.41, 5.74) is 2.31. The number of carbonyl (C=O) groups is 4. The minimum absolute atomic E-state index is 0.112. The quantitative estimate of drug-likeness (QED) is 0.627. The summed E-state index contributed by atoms with van der Waals surface area (Å²) in [7, 11) is 0. The summed E-state index contributed by atoms with van der Waals surface area (Å²) >= 11 is 0. The molecule has 0 saturated carbocycles. The molecule has 2 aliphatic heterocycles. The number of anilines is 2. The molecule has 7 heteroatoms. The van der Waals surface area contributed by atoms with Gasteiger partial charge in [-0.3, -0.25) is 24.1 Å². The first-order chi connectivity index (χ1) is 13.9. The van der Waals surface area contributed by atoms with E-state index in [9.17, 15) is 19.2 Å². The predicted molar refractivity (Wildman–Crippen MR) is 108 cm³/mol. The molecule has 1 aromatic carbocycles. The highest BCUT2D eigenvalue weighted by atomic mass is 16.2. The number of likely N-dealkylation sites (tertiary alicyclic amines) is 1. The van der Waals surface area contributed by atoms with E-state index in [1.807, 2.05) is 31.2 Å². The van der Waals surface area contributed by atoms with Crippen LogP contribution in [0, 0.1) is 18.8 Å². The first-order valence-electron chi connectivity index (χ1n) is 10.1. The molecule has 0 radical (unpaired) electrons. The van der Waals surface area contributed by atoms with Gasteiger partial charge in [-0.15, -0.1) is 0 Å². The number of aryl methyl sites for hydroxylation is 1. The maximum atomic E-state index is 12.8. The van der Waals surface area contributed by atoms with Crippen molar-refractivity contribution >= 4 is 35.0 Å². The Balaban J connectivity index is 1.46. The van der Waals surface area contributed by atoms with Gasteiger partial charge in [0.15, 0.2) is 0 Å². The lowest BCUT2D eigenvalue weighted by Crippen LogP contribution is -2.46. The average Bonchev–Trinajstić information content (AvgIpc) is 3.23. The molecular formula is C22H25N3O4. The highest BCUT2D eigenvalue weighted by molar-refractivity contribution is 6.10. The number of carbonyl (C=O) groups excluding carboxylic acids is 4. The Labute approximate surface area is 169 Å². The Morgan fingerprint density at radius 3 is 2.31 bits per heavy atom. The molecule has 29 heavy (non-hydrogen) atoms. The summed E-state index contributed by atoms with van der Waals surface area (Å²) in [6.45, 7) is 4.18. The standard InChI is InChI=1S/C22H25N3O4/c1-13-12-15(9-10-18(13)24-11-5-8-19(24)26)23-20(27)14(2)25-21(28)16-6-3-4-7-17(16)22(25)29/h3-4,9-10,12,14,16-17H,5-8,11H2,1-2H3,(H,23,27)/t14-,16-,17+/m1/s1. The van der Waals surface area contributed by atoms with E-state index in [0.29, 0.717) is 31.5 Å². The molecule has 1 aromatic rings. The van der Waals surface area contributed by atoms with Crippen molar-refractivity contribution in [3.63, 3.8) is 0 Å². The zero-order chi connectivity index (χ0) is 20.7. The lowest BCUT2D eigenvalue weighted by Gasteiger charge is -2.23. The normalized spacial score (nSPS) is 24.8. The van der Waals surface area contributed by atoms with Gasteiger partial charge in [0.1, 0.15) is 6.04 Å². The molecule has 3 aliphatic rings. The minimum Gasteiger partial charge on any atom is -0.324 e.